The highest BCUT2D eigenvalue weighted by Gasteiger charge is 2.24. The van der Waals surface area contributed by atoms with Gasteiger partial charge in [0.2, 0.25) is 5.91 Å². The smallest absolute Gasteiger partial charge is 0.248 e. The van der Waals surface area contributed by atoms with E-state index in [1.807, 2.05) is 12.1 Å². The van der Waals surface area contributed by atoms with Crippen LogP contribution in [0.4, 0.5) is 0 Å². The lowest BCUT2D eigenvalue weighted by atomic mass is 9.87. The van der Waals surface area contributed by atoms with Crippen molar-refractivity contribution in [3.05, 3.63) is 34.4 Å². The number of amides is 1. The maximum absolute atomic E-state index is 11.4. The van der Waals surface area contributed by atoms with Gasteiger partial charge in [-0.25, -0.2) is 0 Å². The Balaban J connectivity index is 2.53. The van der Waals surface area contributed by atoms with Gasteiger partial charge in [-0.05, 0) is 43.0 Å². The maximum atomic E-state index is 11.4. The van der Waals surface area contributed by atoms with Gasteiger partial charge in [-0.1, -0.05) is 6.07 Å². The van der Waals surface area contributed by atoms with Crippen LogP contribution >= 0.6 is 0 Å². The molecule has 1 aliphatic heterocycles. The molecule has 1 unspecified atom stereocenters. The van der Waals surface area contributed by atoms with Crippen LogP contribution in [-0.4, -0.2) is 19.1 Å². The van der Waals surface area contributed by atoms with Crippen molar-refractivity contribution in [1.29, 1.82) is 0 Å². The van der Waals surface area contributed by atoms with E-state index in [1.165, 1.54) is 11.1 Å². The molecule has 16 heavy (non-hydrogen) atoms. The molecule has 1 aromatic carbocycles. The van der Waals surface area contributed by atoms with Crippen LogP contribution in [0, 0.1) is 13.8 Å². The van der Waals surface area contributed by atoms with Gasteiger partial charge in [-0.15, -0.1) is 0 Å². The van der Waals surface area contributed by atoms with Crippen molar-refractivity contribution in [3.63, 3.8) is 0 Å². The van der Waals surface area contributed by atoms with Crippen molar-refractivity contribution in [2.24, 2.45) is 5.73 Å². The zero-order valence-corrected chi connectivity index (χ0v) is 9.75. The van der Waals surface area contributed by atoms with Crippen LogP contribution in [0.2, 0.25) is 0 Å². The second-order valence-corrected chi connectivity index (χ2v) is 4.39. The summed E-state index contributed by atoms with van der Waals surface area (Å²) in [7, 11) is 0. The van der Waals surface area contributed by atoms with Gasteiger partial charge in [-0.2, -0.15) is 0 Å². The van der Waals surface area contributed by atoms with Crippen molar-refractivity contribution in [2.75, 3.05) is 13.2 Å². The first-order valence-electron chi connectivity index (χ1n) is 5.59. The van der Waals surface area contributed by atoms with E-state index in [9.17, 15) is 4.79 Å². The SMILES string of the molecule is Cc1ccc(C(N)=O)c(C2CCOC2)c1C. The number of rotatable bonds is 2. The van der Waals surface area contributed by atoms with E-state index < -0.39 is 0 Å². The summed E-state index contributed by atoms with van der Waals surface area (Å²) in [6, 6.07) is 3.78. The fraction of sp³-hybridized carbons (Fsp3) is 0.462. The van der Waals surface area contributed by atoms with E-state index in [2.05, 4.69) is 13.8 Å². The minimum atomic E-state index is -0.343. The van der Waals surface area contributed by atoms with Crippen LogP contribution in [0.1, 0.15) is 39.4 Å². The molecule has 0 aromatic heterocycles. The molecule has 86 valence electrons. The average Bonchev–Trinajstić information content (AvgIpc) is 2.74. The summed E-state index contributed by atoms with van der Waals surface area (Å²) in [5.74, 6) is -0.0209. The van der Waals surface area contributed by atoms with Gasteiger partial charge in [0.15, 0.2) is 0 Å². The second-order valence-electron chi connectivity index (χ2n) is 4.39. The average molecular weight is 219 g/mol. The third-order valence-corrected chi connectivity index (χ3v) is 3.39. The fourth-order valence-electron chi connectivity index (χ4n) is 2.34. The van der Waals surface area contributed by atoms with Crippen LogP contribution in [0.25, 0.3) is 0 Å². The first-order chi connectivity index (χ1) is 7.61. The van der Waals surface area contributed by atoms with E-state index in [-0.39, 0.29) is 5.91 Å². The Kier molecular flexibility index (Phi) is 2.97. The van der Waals surface area contributed by atoms with Gasteiger partial charge >= 0.3 is 0 Å². The minimum absolute atomic E-state index is 0.322. The number of primary amides is 1. The van der Waals surface area contributed by atoms with Gasteiger partial charge < -0.3 is 10.5 Å². The second kappa shape index (κ2) is 4.26. The van der Waals surface area contributed by atoms with E-state index >= 15 is 0 Å². The van der Waals surface area contributed by atoms with Crippen molar-refractivity contribution < 1.29 is 9.53 Å². The molecule has 1 heterocycles. The van der Waals surface area contributed by atoms with Gasteiger partial charge in [-0.3, -0.25) is 4.79 Å². The Hall–Kier alpha value is -1.35. The zero-order chi connectivity index (χ0) is 11.7. The van der Waals surface area contributed by atoms with Crippen LogP contribution in [0.15, 0.2) is 12.1 Å². The quantitative estimate of drug-likeness (QED) is 0.826. The van der Waals surface area contributed by atoms with E-state index in [0.29, 0.717) is 18.1 Å². The molecule has 1 aromatic rings. The van der Waals surface area contributed by atoms with Gasteiger partial charge in [0.25, 0.3) is 0 Å². The Morgan fingerprint density at radius 3 is 2.75 bits per heavy atom. The van der Waals surface area contributed by atoms with Crippen molar-refractivity contribution in [2.45, 2.75) is 26.2 Å². The zero-order valence-electron chi connectivity index (χ0n) is 9.75. The van der Waals surface area contributed by atoms with E-state index in [1.54, 1.807) is 0 Å². The van der Waals surface area contributed by atoms with Crippen LogP contribution in [-0.2, 0) is 4.74 Å². The Bertz CT molecular complexity index is 420. The van der Waals surface area contributed by atoms with Crippen molar-refractivity contribution in [1.82, 2.24) is 0 Å². The van der Waals surface area contributed by atoms with Crippen LogP contribution in [0.3, 0.4) is 0 Å². The maximum Gasteiger partial charge on any atom is 0.248 e. The number of carbonyl (C=O) groups is 1. The van der Waals surface area contributed by atoms with Gasteiger partial charge in [0.05, 0.1) is 6.61 Å². The number of hydrogen-bond donors (Lipinski definition) is 1. The van der Waals surface area contributed by atoms with Crippen LogP contribution in [0.5, 0.6) is 0 Å². The number of ether oxygens (including phenoxy) is 1. The monoisotopic (exact) mass is 219 g/mol. The molecule has 1 amide bonds. The first kappa shape index (κ1) is 11.1. The molecule has 1 fully saturated rings. The number of carbonyl (C=O) groups excluding carboxylic acids is 1. The molecule has 2 N–H and O–H groups in total. The molecular weight excluding hydrogens is 202 g/mol. The fourth-order valence-corrected chi connectivity index (χ4v) is 2.34. The summed E-state index contributed by atoms with van der Waals surface area (Å²) in [5, 5.41) is 0. The number of benzene rings is 1. The summed E-state index contributed by atoms with van der Waals surface area (Å²) in [5.41, 5.74) is 9.53. The molecule has 0 spiro atoms. The summed E-state index contributed by atoms with van der Waals surface area (Å²) >= 11 is 0. The summed E-state index contributed by atoms with van der Waals surface area (Å²) in [4.78, 5) is 11.4. The molecule has 1 saturated heterocycles. The summed E-state index contributed by atoms with van der Waals surface area (Å²) in [6.07, 6.45) is 0.977. The summed E-state index contributed by atoms with van der Waals surface area (Å²) < 4.78 is 5.39. The molecule has 3 nitrogen and oxygen atoms in total. The molecule has 1 aliphatic rings. The number of aryl methyl sites for hydroxylation is 1. The molecule has 0 radical (unpaired) electrons. The predicted molar refractivity (Wildman–Crippen MR) is 62.6 cm³/mol. The summed E-state index contributed by atoms with van der Waals surface area (Å²) in [6.45, 7) is 5.58. The highest BCUT2D eigenvalue weighted by atomic mass is 16.5. The van der Waals surface area contributed by atoms with Crippen molar-refractivity contribution >= 4 is 5.91 Å². The van der Waals surface area contributed by atoms with Crippen molar-refractivity contribution in [3.8, 4) is 0 Å². The van der Waals surface area contributed by atoms with Gasteiger partial charge in [0, 0.05) is 18.1 Å². The number of nitrogens with two attached hydrogens (primary N) is 1. The lowest BCUT2D eigenvalue weighted by Gasteiger charge is -2.17. The molecule has 2 rings (SSSR count). The Labute approximate surface area is 95.6 Å². The lowest BCUT2D eigenvalue weighted by Crippen LogP contribution is -2.17. The third-order valence-electron chi connectivity index (χ3n) is 3.39. The minimum Gasteiger partial charge on any atom is -0.381 e. The highest BCUT2D eigenvalue weighted by Crippen LogP contribution is 2.31. The molecule has 3 heteroatoms. The molecule has 1 atom stereocenters. The molecular formula is C13H17NO2. The molecule has 0 aliphatic carbocycles. The molecule has 0 bridgehead atoms. The van der Waals surface area contributed by atoms with E-state index in [0.717, 1.165) is 18.6 Å². The highest BCUT2D eigenvalue weighted by molar-refractivity contribution is 5.95. The van der Waals surface area contributed by atoms with Crippen LogP contribution < -0.4 is 5.73 Å². The predicted octanol–water partition coefficient (Wildman–Crippen LogP) is 1.91. The topological polar surface area (TPSA) is 52.3 Å². The molecule has 0 saturated carbocycles. The third kappa shape index (κ3) is 1.83. The normalized spacial score (nSPS) is 20.0. The lowest BCUT2D eigenvalue weighted by molar-refractivity contribution is 0.0998. The first-order valence-corrected chi connectivity index (χ1v) is 5.59. The van der Waals surface area contributed by atoms with Gasteiger partial charge in [0.1, 0.15) is 0 Å². The Morgan fingerprint density at radius 1 is 1.44 bits per heavy atom. The Morgan fingerprint density at radius 2 is 2.19 bits per heavy atom. The van der Waals surface area contributed by atoms with E-state index in [4.69, 9.17) is 10.5 Å². The number of hydrogen-bond acceptors (Lipinski definition) is 2. The standard InChI is InChI=1S/C13H17NO2/c1-8-3-4-11(13(14)15)12(9(8)2)10-5-6-16-7-10/h3-4,10H,5-7H2,1-2H3,(H2,14,15). The largest absolute Gasteiger partial charge is 0.381 e.